The van der Waals surface area contributed by atoms with Crippen molar-refractivity contribution in [3.05, 3.63) is 113 Å². The van der Waals surface area contributed by atoms with E-state index < -0.39 is 17.8 Å². The molecule has 12 nitrogen and oxygen atoms in total. The van der Waals surface area contributed by atoms with Gasteiger partial charge < -0.3 is 33.7 Å². The van der Waals surface area contributed by atoms with E-state index in [0.717, 1.165) is 0 Å². The largest absolute Gasteiger partial charge is 0.493 e. The van der Waals surface area contributed by atoms with Crippen LogP contribution in [0.25, 0.3) is 6.08 Å². The number of esters is 1. The molecule has 0 bridgehead atoms. The summed E-state index contributed by atoms with van der Waals surface area (Å²) in [6.07, 6.45) is 2.91. The number of ether oxygens (including phenoxy) is 6. The Morgan fingerprint density at radius 1 is 0.761 bits per heavy atom. The highest BCUT2D eigenvalue weighted by molar-refractivity contribution is 6.05. The van der Waals surface area contributed by atoms with E-state index in [0.29, 0.717) is 45.4 Å². The molecule has 0 saturated heterocycles. The number of methoxy groups -OCH3 is 3. The molecular formula is C34H29N3O9. The lowest BCUT2D eigenvalue weighted by atomic mass is 10.1. The van der Waals surface area contributed by atoms with Crippen molar-refractivity contribution in [3.8, 4) is 34.5 Å². The zero-order chi connectivity index (χ0) is 32.5. The van der Waals surface area contributed by atoms with Gasteiger partial charge in [-0.3, -0.25) is 9.59 Å². The number of hydrazone groups is 1. The number of nitrogens with one attached hydrogen (secondary N) is 2. The van der Waals surface area contributed by atoms with Crippen LogP contribution in [-0.2, 0) is 4.79 Å². The fourth-order valence-electron chi connectivity index (χ4n) is 4.32. The summed E-state index contributed by atoms with van der Waals surface area (Å²) in [5.74, 6) is 0.613. The van der Waals surface area contributed by atoms with Gasteiger partial charge in [-0.1, -0.05) is 24.3 Å². The highest BCUT2D eigenvalue weighted by Gasteiger charge is 2.19. The molecule has 0 radical (unpaired) electrons. The van der Waals surface area contributed by atoms with Gasteiger partial charge in [-0.05, 0) is 77.9 Å². The normalized spacial score (nSPS) is 11.9. The first-order chi connectivity index (χ1) is 22.4. The lowest BCUT2D eigenvalue weighted by Gasteiger charge is -2.13. The van der Waals surface area contributed by atoms with Crippen LogP contribution in [0.4, 0.5) is 0 Å². The fraction of sp³-hybridized carbons (Fsp3) is 0.118. The molecule has 0 aliphatic carbocycles. The second-order valence-electron chi connectivity index (χ2n) is 9.56. The SMILES string of the molecule is COc1cc(C(=O)Oc2ccc(C=NNC(=O)C(=Cc3ccc4c(c3)OCO4)NC(=O)c3ccccc3)cc2)cc(OC)c1OC. The molecule has 0 spiro atoms. The van der Waals surface area contributed by atoms with Crippen molar-refractivity contribution in [1.29, 1.82) is 0 Å². The van der Waals surface area contributed by atoms with Gasteiger partial charge in [-0.15, -0.1) is 0 Å². The lowest BCUT2D eigenvalue weighted by Crippen LogP contribution is -2.32. The Bertz CT molecular complexity index is 1780. The Morgan fingerprint density at radius 2 is 1.43 bits per heavy atom. The molecule has 0 atom stereocenters. The Kier molecular flexibility index (Phi) is 9.78. The molecule has 1 aliphatic rings. The average Bonchev–Trinajstić information content (AvgIpc) is 3.56. The first-order valence-corrected chi connectivity index (χ1v) is 13.8. The molecule has 0 fully saturated rings. The Hall–Kier alpha value is -6.30. The Balaban J connectivity index is 1.26. The number of amides is 2. The highest BCUT2D eigenvalue weighted by Crippen LogP contribution is 2.38. The van der Waals surface area contributed by atoms with Gasteiger partial charge in [0.25, 0.3) is 11.8 Å². The number of rotatable bonds is 11. The van der Waals surface area contributed by atoms with Crippen LogP contribution in [0.3, 0.4) is 0 Å². The first-order valence-electron chi connectivity index (χ1n) is 13.8. The van der Waals surface area contributed by atoms with Crippen LogP contribution in [0.5, 0.6) is 34.5 Å². The van der Waals surface area contributed by atoms with Gasteiger partial charge in [-0.2, -0.15) is 5.10 Å². The van der Waals surface area contributed by atoms with Crippen LogP contribution in [0.1, 0.15) is 31.8 Å². The van der Waals surface area contributed by atoms with E-state index in [1.54, 1.807) is 72.8 Å². The number of hydrogen-bond acceptors (Lipinski definition) is 10. The maximum atomic E-state index is 13.1. The van der Waals surface area contributed by atoms with Gasteiger partial charge in [0.2, 0.25) is 12.5 Å². The van der Waals surface area contributed by atoms with Gasteiger partial charge in [0, 0.05) is 5.56 Å². The molecule has 5 rings (SSSR count). The third kappa shape index (κ3) is 7.42. The number of carbonyl (C=O) groups is 3. The molecule has 46 heavy (non-hydrogen) atoms. The monoisotopic (exact) mass is 623 g/mol. The Morgan fingerprint density at radius 3 is 2.11 bits per heavy atom. The smallest absolute Gasteiger partial charge is 0.343 e. The first kappa shape index (κ1) is 31.1. The Labute approximate surface area is 264 Å². The van der Waals surface area contributed by atoms with Crippen LogP contribution in [0, 0.1) is 0 Å². The predicted octanol–water partition coefficient (Wildman–Crippen LogP) is 4.58. The standard InChI is InChI=1S/C34H29N3O9/c1-41-29-17-24(18-30(42-2)31(29)43-3)34(40)46-25-12-9-21(10-13-25)19-35-37-33(39)26(36-32(38)23-7-5-4-6-8-23)15-22-11-14-27-28(16-22)45-20-44-27/h4-19H,20H2,1-3H3,(H,36,38)(H,37,39). The van der Waals surface area contributed by atoms with Gasteiger partial charge in [-0.25, -0.2) is 10.2 Å². The summed E-state index contributed by atoms with van der Waals surface area (Å²) in [7, 11) is 4.37. The molecule has 234 valence electrons. The zero-order valence-corrected chi connectivity index (χ0v) is 25.1. The van der Waals surface area contributed by atoms with Gasteiger partial charge in [0.05, 0.1) is 33.1 Å². The second kappa shape index (κ2) is 14.4. The molecule has 0 unspecified atom stereocenters. The number of benzene rings is 4. The minimum Gasteiger partial charge on any atom is -0.493 e. The van der Waals surface area contributed by atoms with E-state index in [2.05, 4.69) is 15.8 Å². The van der Waals surface area contributed by atoms with Gasteiger partial charge in [0.15, 0.2) is 23.0 Å². The number of hydrogen-bond donors (Lipinski definition) is 2. The topological polar surface area (TPSA) is 143 Å². The van der Waals surface area contributed by atoms with E-state index >= 15 is 0 Å². The average molecular weight is 624 g/mol. The van der Waals surface area contributed by atoms with Crippen LogP contribution in [-0.4, -0.2) is 52.1 Å². The van der Waals surface area contributed by atoms with Gasteiger partial charge in [0.1, 0.15) is 11.4 Å². The van der Waals surface area contributed by atoms with Crippen molar-refractivity contribution in [2.75, 3.05) is 28.1 Å². The zero-order valence-electron chi connectivity index (χ0n) is 25.1. The summed E-state index contributed by atoms with van der Waals surface area (Å²) < 4.78 is 32.1. The maximum absolute atomic E-state index is 13.1. The molecule has 4 aromatic rings. The number of nitrogens with zero attached hydrogens (tertiary/aromatic N) is 1. The summed E-state index contributed by atoms with van der Waals surface area (Å²) in [4.78, 5) is 38.8. The van der Waals surface area contributed by atoms with E-state index in [9.17, 15) is 14.4 Å². The van der Waals surface area contributed by atoms with Crippen LogP contribution in [0.15, 0.2) is 95.7 Å². The van der Waals surface area contributed by atoms with E-state index in [1.165, 1.54) is 45.8 Å². The maximum Gasteiger partial charge on any atom is 0.343 e. The van der Waals surface area contributed by atoms with E-state index in [-0.39, 0.29) is 23.8 Å². The van der Waals surface area contributed by atoms with Crippen molar-refractivity contribution in [2.45, 2.75) is 0 Å². The third-order valence-electron chi connectivity index (χ3n) is 6.61. The third-order valence-corrected chi connectivity index (χ3v) is 6.61. The summed E-state index contributed by atoms with van der Waals surface area (Å²) in [5.41, 5.74) is 4.17. The molecule has 1 heterocycles. The van der Waals surface area contributed by atoms with Crippen molar-refractivity contribution < 1.29 is 42.8 Å². The molecule has 2 N–H and O–H groups in total. The van der Waals surface area contributed by atoms with Crippen LogP contribution < -0.4 is 39.2 Å². The predicted molar refractivity (Wildman–Crippen MR) is 168 cm³/mol. The molecule has 0 aromatic heterocycles. The quantitative estimate of drug-likeness (QED) is 0.0807. The van der Waals surface area contributed by atoms with E-state index in [4.69, 9.17) is 28.4 Å². The minimum absolute atomic E-state index is 0.0427. The number of fused-ring (bicyclic) bond motifs is 1. The summed E-state index contributed by atoms with van der Waals surface area (Å²) in [6, 6.07) is 23.1. The molecule has 4 aromatic carbocycles. The van der Waals surface area contributed by atoms with Crippen molar-refractivity contribution >= 4 is 30.1 Å². The van der Waals surface area contributed by atoms with Crippen molar-refractivity contribution in [3.63, 3.8) is 0 Å². The van der Waals surface area contributed by atoms with Crippen LogP contribution >= 0.6 is 0 Å². The lowest BCUT2D eigenvalue weighted by molar-refractivity contribution is -0.117. The summed E-state index contributed by atoms with van der Waals surface area (Å²) >= 11 is 0. The molecular weight excluding hydrogens is 594 g/mol. The van der Waals surface area contributed by atoms with E-state index in [1.807, 2.05) is 0 Å². The summed E-state index contributed by atoms with van der Waals surface area (Å²) in [5, 5.41) is 6.68. The molecule has 2 amide bonds. The summed E-state index contributed by atoms with van der Waals surface area (Å²) in [6.45, 7) is 0.103. The van der Waals surface area contributed by atoms with Crippen LogP contribution in [0.2, 0.25) is 0 Å². The molecule has 12 heteroatoms. The highest BCUT2D eigenvalue weighted by atomic mass is 16.7. The molecule has 1 aliphatic heterocycles. The number of carbonyl (C=O) groups excluding carboxylic acids is 3. The minimum atomic E-state index is -0.658. The van der Waals surface area contributed by atoms with Gasteiger partial charge >= 0.3 is 5.97 Å². The van der Waals surface area contributed by atoms with Crippen molar-refractivity contribution in [2.24, 2.45) is 5.10 Å². The molecule has 0 saturated carbocycles. The van der Waals surface area contributed by atoms with Crippen molar-refractivity contribution in [1.82, 2.24) is 10.7 Å². The fourth-order valence-corrected chi connectivity index (χ4v) is 4.32. The second-order valence-corrected chi connectivity index (χ2v) is 9.56.